The molecule has 0 saturated carbocycles. The Hall–Kier alpha value is -0.780. The number of nitrogens with zero attached hydrogens (tertiary/aromatic N) is 1. The summed E-state index contributed by atoms with van der Waals surface area (Å²) in [5, 5.41) is 3.16. The third-order valence-corrected chi connectivity index (χ3v) is 3.33. The van der Waals surface area contributed by atoms with E-state index in [2.05, 4.69) is 29.6 Å². The molecule has 17 heavy (non-hydrogen) atoms. The average Bonchev–Trinajstić information content (AvgIpc) is 2.69. The van der Waals surface area contributed by atoms with Crippen LogP contribution in [0.2, 0.25) is 4.34 Å². The lowest BCUT2D eigenvalue weighted by Gasteiger charge is -2.09. The molecule has 0 saturated heterocycles. The van der Waals surface area contributed by atoms with Gasteiger partial charge in [0.1, 0.15) is 0 Å². The van der Waals surface area contributed by atoms with Crippen LogP contribution in [0.3, 0.4) is 0 Å². The SMILES string of the molecule is CC(C)CN=C(NN)NCCc1ccc(Cl)s1. The molecule has 0 aliphatic heterocycles. The molecule has 1 heterocycles. The van der Waals surface area contributed by atoms with Crippen molar-refractivity contribution in [1.82, 2.24) is 10.7 Å². The van der Waals surface area contributed by atoms with E-state index in [1.165, 1.54) is 4.88 Å². The number of hydrogen-bond acceptors (Lipinski definition) is 3. The number of halogens is 1. The summed E-state index contributed by atoms with van der Waals surface area (Å²) < 4.78 is 0.825. The Balaban J connectivity index is 2.30. The Morgan fingerprint density at radius 3 is 2.82 bits per heavy atom. The Labute approximate surface area is 111 Å². The maximum atomic E-state index is 5.86. The van der Waals surface area contributed by atoms with Crippen LogP contribution < -0.4 is 16.6 Å². The smallest absolute Gasteiger partial charge is 0.205 e. The van der Waals surface area contributed by atoms with Gasteiger partial charge in [-0.2, -0.15) is 0 Å². The molecule has 1 aromatic heterocycles. The first-order valence-corrected chi connectivity index (χ1v) is 6.80. The molecule has 0 bridgehead atoms. The number of hydrazine groups is 1. The summed E-state index contributed by atoms with van der Waals surface area (Å²) in [6.07, 6.45) is 0.916. The van der Waals surface area contributed by atoms with Gasteiger partial charge in [0.2, 0.25) is 5.96 Å². The maximum Gasteiger partial charge on any atom is 0.205 e. The van der Waals surface area contributed by atoms with Gasteiger partial charge in [-0.25, -0.2) is 5.84 Å². The van der Waals surface area contributed by atoms with E-state index in [0.717, 1.165) is 23.8 Å². The minimum atomic E-state index is 0.524. The Bertz CT molecular complexity index is 362. The molecule has 0 aliphatic rings. The molecule has 6 heteroatoms. The van der Waals surface area contributed by atoms with Crippen molar-refractivity contribution >= 4 is 28.9 Å². The number of nitrogens with two attached hydrogens (primary N) is 1. The number of nitrogens with one attached hydrogen (secondary N) is 2. The number of thiophene rings is 1. The first-order valence-electron chi connectivity index (χ1n) is 5.61. The van der Waals surface area contributed by atoms with Gasteiger partial charge in [0.05, 0.1) is 4.34 Å². The zero-order chi connectivity index (χ0) is 12.7. The molecule has 4 nitrogen and oxygen atoms in total. The van der Waals surface area contributed by atoms with Crippen LogP contribution in [0.25, 0.3) is 0 Å². The van der Waals surface area contributed by atoms with Crippen molar-refractivity contribution in [2.75, 3.05) is 13.1 Å². The second-order valence-corrected chi connectivity index (χ2v) is 5.91. The summed E-state index contributed by atoms with van der Waals surface area (Å²) in [4.78, 5) is 5.58. The van der Waals surface area contributed by atoms with Crippen LogP contribution in [0.4, 0.5) is 0 Å². The van der Waals surface area contributed by atoms with Crippen LogP contribution in [0.15, 0.2) is 17.1 Å². The Morgan fingerprint density at radius 2 is 2.29 bits per heavy atom. The third-order valence-electron chi connectivity index (χ3n) is 2.04. The minimum absolute atomic E-state index is 0.524. The molecule has 0 aromatic carbocycles. The Kier molecular flexibility index (Phi) is 6.32. The fraction of sp³-hybridized carbons (Fsp3) is 0.545. The van der Waals surface area contributed by atoms with Gasteiger partial charge in [0, 0.05) is 18.0 Å². The van der Waals surface area contributed by atoms with Gasteiger partial charge < -0.3 is 5.32 Å². The Morgan fingerprint density at radius 1 is 1.53 bits per heavy atom. The van der Waals surface area contributed by atoms with E-state index in [0.29, 0.717) is 11.9 Å². The highest BCUT2D eigenvalue weighted by molar-refractivity contribution is 7.16. The van der Waals surface area contributed by atoms with Gasteiger partial charge in [-0.05, 0) is 24.5 Å². The topological polar surface area (TPSA) is 62.4 Å². The molecule has 0 atom stereocenters. The fourth-order valence-corrected chi connectivity index (χ4v) is 2.30. The van der Waals surface area contributed by atoms with Crippen molar-refractivity contribution in [3.63, 3.8) is 0 Å². The number of guanidine groups is 1. The van der Waals surface area contributed by atoms with Gasteiger partial charge in [0.15, 0.2) is 0 Å². The molecule has 0 aliphatic carbocycles. The van der Waals surface area contributed by atoms with Crippen LogP contribution in [0.1, 0.15) is 18.7 Å². The second-order valence-electron chi connectivity index (χ2n) is 4.11. The minimum Gasteiger partial charge on any atom is -0.355 e. The predicted molar refractivity (Wildman–Crippen MR) is 75.5 cm³/mol. The van der Waals surface area contributed by atoms with E-state index in [1.807, 2.05) is 12.1 Å². The summed E-state index contributed by atoms with van der Waals surface area (Å²) in [5.41, 5.74) is 2.57. The zero-order valence-corrected chi connectivity index (χ0v) is 11.7. The summed E-state index contributed by atoms with van der Waals surface area (Å²) in [6, 6.07) is 3.95. The highest BCUT2D eigenvalue weighted by Crippen LogP contribution is 2.21. The quantitative estimate of drug-likeness (QED) is 0.333. The monoisotopic (exact) mass is 274 g/mol. The van der Waals surface area contributed by atoms with E-state index in [-0.39, 0.29) is 0 Å². The summed E-state index contributed by atoms with van der Waals surface area (Å²) in [5.74, 6) is 6.55. The highest BCUT2D eigenvalue weighted by Gasteiger charge is 2.00. The van der Waals surface area contributed by atoms with Crippen LogP contribution in [0.5, 0.6) is 0 Å². The molecule has 0 unspecified atom stereocenters. The lowest BCUT2D eigenvalue weighted by molar-refractivity contribution is 0.657. The summed E-state index contributed by atoms with van der Waals surface area (Å²) >= 11 is 7.45. The molecular formula is C11H19ClN4S. The molecule has 4 N–H and O–H groups in total. The number of rotatable bonds is 5. The maximum absolute atomic E-state index is 5.86. The van der Waals surface area contributed by atoms with Gasteiger partial charge in [-0.1, -0.05) is 25.4 Å². The fourth-order valence-electron chi connectivity index (χ4n) is 1.22. The standard InChI is InChI=1S/C11H19ClN4S/c1-8(2)7-15-11(16-13)14-6-5-9-3-4-10(12)17-9/h3-4,8H,5-7,13H2,1-2H3,(H2,14,15,16). The van der Waals surface area contributed by atoms with Crippen LogP contribution in [-0.2, 0) is 6.42 Å². The average molecular weight is 275 g/mol. The third kappa shape index (κ3) is 5.91. The first-order chi connectivity index (χ1) is 8.11. The molecule has 0 amide bonds. The number of aliphatic imine (C=N–C) groups is 1. The van der Waals surface area contributed by atoms with Gasteiger partial charge in [-0.3, -0.25) is 10.4 Å². The molecule has 0 fully saturated rings. The lowest BCUT2D eigenvalue weighted by Crippen LogP contribution is -2.42. The normalized spacial score (nSPS) is 11.9. The van der Waals surface area contributed by atoms with E-state index >= 15 is 0 Å². The van der Waals surface area contributed by atoms with E-state index in [4.69, 9.17) is 17.4 Å². The molecular weight excluding hydrogens is 256 g/mol. The zero-order valence-electron chi connectivity index (χ0n) is 10.2. The molecule has 96 valence electrons. The summed E-state index contributed by atoms with van der Waals surface area (Å²) in [7, 11) is 0. The van der Waals surface area contributed by atoms with E-state index < -0.39 is 0 Å². The van der Waals surface area contributed by atoms with E-state index in [9.17, 15) is 0 Å². The first kappa shape index (κ1) is 14.3. The van der Waals surface area contributed by atoms with Crippen LogP contribution in [-0.4, -0.2) is 19.0 Å². The van der Waals surface area contributed by atoms with Crippen molar-refractivity contribution in [1.29, 1.82) is 0 Å². The van der Waals surface area contributed by atoms with Gasteiger partial charge in [0.25, 0.3) is 0 Å². The van der Waals surface area contributed by atoms with Crippen molar-refractivity contribution in [3.05, 3.63) is 21.3 Å². The van der Waals surface area contributed by atoms with Crippen molar-refractivity contribution in [3.8, 4) is 0 Å². The van der Waals surface area contributed by atoms with Crippen molar-refractivity contribution < 1.29 is 0 Å². The predicted octanol–water partition coefficient (Wildman–Crippen LogP) is 2.01. The van der Waals surface area contributed by atoms with Crippen LogP contribution >= 0.6 is 22.9 Å². The largest absolute Gasteiger partial charge is 0.355 e. The molecule has 0 spiro atoms. The van der Waals surface area contributed by atoms with Crippen molar-refractivity contribution in [2.24, 2.45) is 16.8 Å². The molecule has 0 radical (unpaired) electrons. The molecule has 1 rings (SSSR count). The second kappa shape index (κ2) is 7.53. The van der Waals surface area contributed by atoms with Gasteiger partial charge >= 0.3 is 0 Å². The molecule has 1 aromatic rings. The number of hydrogen-bond donors (Lipinski definition) is 3. The highest BCUT2D eigenvalue weighted by atomic mass is 35.5. The lowest BCUT2D eigenvalue weighted by atomic mass is 10.2. The van der Waals surface area contributed by atoms with Crippen LogP contribution in [0, 0.1) is 5.92 Å². The summed E-state index contributed by atoms with van der Waals surface area (Å²) in [6.45, 7) is 5.78. The van der Waals surface area contributed by atoms with E-state index in [1.54, 1.807) is 11.3 Å². The van der Waals surface area contributed by atoms with Gasteiger partial charge in [-0.15, -0.1) is 11.3 Å². The van der Waals surface area contributed by atoms with Crippen molar-refractivity contribution in [2.45, 2.75) is 20.3 Å².